The van der Waals surface area contributed by atoms with Gasteiger partial charge in [-0.3, -0.25) is 0 Å². The van der Waals surface area contributed by atoms with E-state index in [2.05, 4.69) is 0 Å². The zero-order chi connectivity index (χ0) is 12.8. The Balaban J connectivity index is 1.84. The van der Waals surface area contributed by atoms with E-state index in [0.29, 0.717) is 6.61 Å². The number of para-hydroxylation sites is 2. The van der Waals surface area contributed by atoms with Crippen molar-refractivity contribution < 1.29 is 14.2 Å². The average Bonchev–Trinajstić information content (AvgIpc) is 2.40. The van der Waals surface area contributed by atoms with Crippen molar-refractivity contribution in [3.05, 3.63) is 24.3 Å². The van der Waals surface area contributed by atoms with Crippen LogP contribution in [-0.2, 0) is 4.74 Å². The number of hydrogen-bond donors (Lipinski definition) is 1. The fraction of sp³-hybridized carbons (Fsp3) is 0.571. The summed E-state index contributed by atoms with van der Waals surface area (Å²) < 4.78 is 16.3. The summed E-state index contributed by atoms with van der Waals surface area (Å²) in [6.07, 6.45) is 2.65. The van der Waals surface area contributed by atoms with Crippen LogP contribution >= 0.6 is 0 Å². The third kappa shape index (κ3) is 3.37. The molecule has 2 rings (SSSR count). The maximum atomic E-state index is 6.30. The van der Waals surface area contributed by atoms with Gasteiger partial charge in [-0.1, -0.05) is 12.1 Å². The van der Waals surface area contributed by atoms with E-state index in [1.807, 2.05) is 24.3 Å². The van der Waals surface area contributed by atoms with E-state index < -0.39 is 0 Å². The largest absolute Gasteiger partial charge is 0.493 e. The van der Waals surface area contributed by atoms with Crippen molar-refractivity contribution in [3.63, 3.8) is 0 Å². The molecule has 0 aromatic heterocycles. The smallest absolute Gasteiger partial charge is 0.161 e. The summed E-state index contributed by atoms with van der Waals surface area (Å²) in [5, 5.41) is 0. The molecule has 1 aromatic rings. The zero-order valence-electron chi connectivity index (χ0n) is 10.9. The maximum Gasteiger partial charge on any atom is 0.161 e. The summed E-state index contributed by atoms with van der Waals surface area (Å²) in [5.41, 5.74) is 6.16. The first-order valence-corrected chi connectivity index (χ1v) is 6.36. The highest BCUT2D eigenvalue weighted by atomic mass is 16.5. The fourth-order valence-corrected chi connectivity index (χ4v) is 2.13. The van der Waals surface area contributed by atoms with E-state index in [0.717, 1.165) is 44.0 Å². The Morgan fingerprint density at radius 3 is 2.56 bits per heavy atom. The molecule has 0 saturated carbocycles. The van der Waals surface area contributed by atoms with Crippen LogP contribution in [-0.4, -0.2) is 32.5 Å². The van der Waals surface area contributed by atoms with E-state index in [1.54, 1.807) is 7.11 Å². The third-order valence-electron chi connectivity index (χ3n) is 3.42. The first-order valence-electron chi connectivity index (χ1n) is 6.36. The molecular formula is C14H21NO3. The zero-order valence-corrected chi connectivity index (χ0v) is 10.9. The van der Waals surface area contributed by atoms with E-state index in [1.165, 1.54) is 0 Å². The Kier molecular flexibility index (Phi) is 4.44. The normalized spacial score (nSPS) is 18.3. The topological polar surface area (TPSA) is 53.7 Å². The van der Waals surface area contributed by atoms with Crippen molar-refractivity contribution in [3.8, 4) is 11.5 Å². The van der Waals surface area contributed by atoms with Crippen molar-refractivity contribution in [2.24, 2.45) is 5.73 Å². The molecule has 1 saturated heterocycles. The van der Waals surface area contributed by atoms with Gasteiger partial charge in [0.05, 0.1) is 13.7 Å². The third-order valence-corrected chi connectivity index (χ3v) is 3.42. The molecule has 18 heavy (non-hydrogen) atoms. The van der Waals surface area contributed by atoms with Crippen molar-refractivity contribution in [2.45, 2.75) is 24.8 Å². The van der Waals surface area contributed by atoms with Gasteiger partial charge in [0.2, 0.25) is 0 Å². The maximum absolute atomic E-state index is 6.30. The highest BCUT2D eigenvalue weighted by Crippen LogP contribution is 2.27. The fourth-order valence-electron chi connectivity index (χ4n) is 2.13. The van der Waals surface area contributed by atoms with E-state index in [-0.39, 0.29) is 5.54 Å². The Hall–Kier alpha value is -1.26. The minimum Gasteiger partial charge on any atom is -0.493 e. The van der Waals surface area contributed by atoms with Crippen LogP contribution in [0.25, 0.3) is 0 Å². The standard InChI is InChI=1S/C14H21NO3/c1-16-12-4-2-3-5-13(12)18-11-8-14(15)6-9-17-10-7-14/h2-5H,6-11,15H2,1H3. The highest BCUT2D eigenvalue weighted by molar-refractivity contribution is 5.39. The molecule has 0 amide bonds. The molecule has 0 spiro atoms. The summed E-state index contributed by atoms with van der Waals surface area (Å²) in [4.78, 5) is 0. The van der Waals surface area contributed by atoms with Crippen molar-refractivity contribution in [1.29, 1.82) is 0 Å². The predicted molar refractivity (Wildman–Crippen MR) is 70.1 cm³/mol. The van der Waals surface area contributed by atoms with E-state index in [9.17, 15) is 0 Å². The van der Waals surface area contributed by atoms with Gasteiger partial charge in [-0.25, -0.2) is 0 Å². The molecule has 4 heteroatoms. The lowest BCUT2D eigenvalue weighted by atomic mass is 9.88. The molecule has 0 radical (unpaired) electrons. The van der Waals surface area contributed by atoms with Crippen LogP contribution in [0.5, 0.6) is 11.5 Å². The predicted octanol–water partition coefficient (Wildman–Crippen LogP) is 1.97. The van der Waals surface area contributed by atoms with Gasteiger partial charge < -0.3 is 19.9 Å². The van der Waals surface area contributed by atoms with Crippen molar-refractivity contribution in [1.82, 2.24) is 0 Å². The summed E-state index contributed by atoms with van der Waals surface area (Å²) in [7, 11) is 1.64. The molecule has 0 atom stereocenters. The van der Waals surface area contributed by atoms with E-state index in [4.69, 9.17) is 19.9 Å². The summed E-state index contributed by atoms with van der Waals surface area (Å²) in [6.45, 7) is 2.12. The molecule has 1 fully saturated rings. The SMILES string of the molecule is COc1ccccc1OCCC1(N)CCOCC1. The molecule has 2 N–H and O–H groups in total. The van der Waals surface area contributed by atoms with Gasteiger partial charge in [0, 0.05) is 18.8 Å². The van der Waals surface area contributed by atoms with Crippen LogP contribution in [0.1, 0.15) is 19.3 Å². The van der Waals surface area contributed by atoms with Crippen LogP contribution in [0, 0.1) is 0 Å². The summed E-state index contributed by atoms with van der Waals surface area (Å²) in [6, 6.07) is 7.66. The number of rotatable bonds is 5. The van der Waals surface area contributed by atoms with Gasteiger partial charge in [0.25, 0.3) is 0 Å². The van der Waals surface area contributed by atoms with Crippen LogP contribution in [0.2, 0.25) is 0 Å². The second kappa shape index (κ2) is 6.07. The number of ether oxygens (including phenoxy) is 3. The van der Waals surface area contributed by atoms with E-state index >= 15 is 0 Å². The molecular weight excluding hydrogens is 230 g/mol. The highest BCUT2D eigenvalue weighted by Gasteiger charge is 2.27. The van der Waals surface area contributed by atoms with Crippen molar-refractivity contribution >= 4 is 0 Å². The van der Waals surface area contributed by atoms with Crippen LogP contribution in [0.4, 0.5) is 0 Å². The molecule has 0 unspecified atom stereocenters. The van der Waals surface area contributed by atoms with Gasteiger partial charge in [-0.15, -0.1) is 0 Å². The lowest BCUT2D eigenvalue weighted by molar-refractivity contribution is 0.0450. The lowest BCUT2D eigenvalue weighted by Crippen LogP contribution is -2.46. The van der Waals surface area contributed by atoms with Crippen molar-refractivity contribution in [2.75, 3.05) is 26.9 Å². The van der Waals surface area contributed by atoms with Gasteiger partial charge >= 0.3 is 0 Å². The minimum atomic E-state index is -0.139. The van der Waals surface area contributed by atoms with Gasteiger partial charge in [0.1, 0.15) is 0 Å². The molecule has 100 valence electrons. The number of nitrogens with two attached hydrogens (primary N) is 1. The Morgan fingerprint density at radius 1 is 1.22 bits per heavy atom. The molecule has 4 nitrogen and oxygen atoms in total. The first-order chi connectivity index (χ1) is 8.73. The Labute approximate surface area is 108 Å². The quantitative estimate of drug-likeness (QED) is 0.869. The molecule has 0 bridgehead atoms. The van der Waals surface area contributed by atoms with Gasteiger partial charge in [0.15, 0.2) is 11.5 Å². The molecule has 1 heterocycles. The van der Waals surface area contributed by atoms with Gasteiger partial charge in [-0.05, 0) is 31.4 Å². The number of hydrogen-bond acceptors (Lipinski definition) is 4. The number of benzene rings is 1. The Morgan fingerprint density at radius 2 is 1.89 bits per heavy atom. The molecule has 1 aliphatic rings. The minimum absolute atomic E-state index is 0.139. The Bertz CT molecular complexity index is 375. The summed E-state index contributed by atoms with van der Waals surface area (Å²) in [5.74, 6) is 1.53. The first kappa shape index (κ1) is 13.2. The molecule has 1 aromatic carbocycles. The average molecular weight is 251 g/mol. The summed E-state index contributed by atoms with van der Waals surface area (Å²) >= 11 is 0. The molecule has 0 aliphatic carbocycles. The second-order valence-electron chi connectivity index (χ2n) is 4.72. The number of methoxy groups -OCH3 is 1. The lowest BCUT2D eigenvalue weighted by Gasteiger charge is -2.33. The monoisotopic (exact) mass is 251 g/mol. The van der Waals surface area contributed by atoms with Gasteiger partial charge in [-0.2, -0.15) is 0 Å². The van der Waals surface area contributed by atoms with Crippen LogP contribution < -0.4 is 15.2 Å². The second-order valence-corrected chi connectivity index (χ2v) is 4.72. The van der Waals surface area contributed by atoms with Crippen LogP contribution in [0.15, 0.2) is 24.3 Å². The molecule has 1 aliphatic heterocycles. The van der Waals surface area contributed by atoms with Crippen LogP contribution in [0.3, 0.4) is 0 Å².